The van der Waals surface area contributed by atoms with Gasteiger partial charge in [-0.1, -0.05) is 30.2 Å². The maximum atomic E-state index is 6.81. The van der Waals surface area contributed by atoms with E-state index in [9.17, 15) is 0 Å². The highest BCUT2D eigenvalue weighted by Gasteiger charge is 2.50. The number of ether oxygens (including phenoxy) is 1. The number of aryl methyl sites for hydroxylation is 1. The molecule has 0 spiro atoms. The molecule has 1 N–H and O–H groups in total. The summed E-state index contributed by atoms with van der Waals surface area (Å²) < 4.78 is 6.22. The minimum atomic E-state index is 0.566. The van der Waals surface area contributed by atoms with Crippen molar-refractivity contribution in [2.24, 2.45) is 21.8 Å². The first kappa shape index (κ1) is 20.4. The summed E-state index contributed by atoms with van der Waals surface area (Å²) in [5.41, 5.74) is 6.29. The summed E-state index contributed by atoms with van der Waals surface area (Å²) in [6.07, 6.45) is 11.2. The van der Waals surface area contributed by atoms with Crippen molar-refractivity contribution < 1.29 is 4.74 Å². The number of H-pyrrole nitrogens is 1. The van der Waals surface area contributed by atoms with Gasteiger partial charge in [-0.25, -0.2) is 4.99 Å². The van der Waals surface area contributed by atoms with Gasteiger partial charge in [0.05, 0.1) is 21.8 Å². The van der Waals surface area contributed by atoms with E-state index >= 15 is 0 Å². The average molecular weight is 458 g/mol. The molecule has 6 rings (SSSR count). The van der Waals surface area contributed by atoms with E-state index in [1.807, 2.05) is 25.2 Å². The highest BCUT2D eigenvalue weighted by molar-refractivity contribution is 6.31. The number of benzene rings is 1. The van der Waals surface area contributed by atoms with Crippen molar-refractivity contribution >= 4 is 46.0 Å². The van der Waals surface area contributed by atoms with E-state index in [1.165, 1.54) is 11.3 Å². The first-order valence-electron chi connectivity index (χ1n) is 11.4. The fourth-order valence-electron chi connectivity index (χ4n) is 5.08. The Kier molecular flexibility index (Phi) is 4.91. The molecule has 3 aliphatic rings. The number of aromatic nitrogens is 3. The third kappa shape index (κ3) is 3.59. The van der Waals surface area contributed by atoms with Gasteiger partial charge in [0.2, 0.25) is 0 Å². The zero-order valence-electron chi connectivity index (χ0n) is 18.6. The zero-order valence-corrected chi connectivity index (χ0v) is 19.4. The van der Waals surface area contributed by atoms with Gasteiger partial charge in [-0.15, -0.1) is 0 Å². The number of fused-ring (bicyclic) bond motifs is 3. The molecule has 2 saturated carbocycles. The maximum absolute atomic E-state index is 6.81. The predicted octanol–water partition coefficient (Wildman–Crippen LogP) is 3.98. The minimum Gasteiger partial charge on any atom is -0.443 e. The maximum Gasteiger partial charge on any atom is 0.199 e. The molecule has 3 heterocycles. The quantitative estimate of drug-likeness (QED) is 0.646. The monoisotopic (exact) mass is 457 g/mol. The van der Waals surface area contributed by atoms with Crippen LogP contribution in [0.2, 0.25) is 5.02 Å². The van der Waals surface area contributed by atoms with Gasteiger partial charge >= 0.3 is 0 Å². The molecule has 7 heteroatoms. The summed E-state index contributed by atoms with van der Waals surface area (Å²) in [6, 6.07) is 5.71. The second-order valence-corrected chi connectivity index (χ2v) is 9.12. The molecule has 166 valence electrons. The Balaban J connectivity index is 1.40. The van der Waals surface area contributed by atoms with E-state index in [4.69, 9.17) is 21.3 Å². The van der Waals surface area contributed by atoms with Crippen molar-refractivity contribution in [3.8, 4) is 5.75 Å². The van der Waals surface area contributed by atoms with E-state index in [-0.39, 0.29) is 0 Å². The van der Waals surface area contributed by atoms with Crippen LogP contribution in [0.3, 0.4) is 0 Å². The average Bonchev–Trinajstić information content (AvgIpc) is 3.19. The topological polar surface area (TPSA) is 75.5 Å². The van der Waals surface area contributed by atoms with Crippen molar-refractivity contribution in [2.75, 3.05) is 7.05 Å². The third-order valence-corrected chi connectivity index (χ3v) is 7.17. The van der Waals surface area contributed by atoms with E-state index in [2.05, 4.69) is 39.0 Å². The molecular formula is C26H24ClN5O. The van der Waals surface area contributed by atoms with Gasteiger partial charge in [0.15, 0.2) is 5.90 Å². The summed E-state index contributed by atoms with van der Waals surface area (Å²) in [7, 11) is 1.90. The van der Waals surface area contributed by atoms with E-state index < -0.39 is 0 Å². The second-order valence-electron chi connectivity index (χ2n) is 8.74. The first-order chi connectivity index (χ1) is 16.1. The number of nitrogens with one attached hydrogen (secondary N) is 1. The van der Waals surface area contributed by atoms with Crippen LogP contribution >= 0.6 is 11.6 Å². The standard InChI is InChI=1S/C26H24ClN5O/c1-3-18-25(27)24-20(31-18)6-7-23(33-15-4-5-19-21(13-15)30-9-8-29-19)32-22(24)12-14-10-16-17(11-14)26(16)28-2/h4-6,8-9,12-13,16-17,31H,3,7,10-11H2,1-2H3. The molecule has 0 amide bonds. The number of rotatable bonds is 3. The van der Waals surface area contributed by atoms with E-state index in [0.717, 1.165) is 57.3 Å². The lowest BCUT2D eigenvalue weighted by Crippen LogP contribution is -2.24. The molecule has 0 bridgehead atoms. The molecule has 2 aromatic heterocycles. The molecule has 0 radical (unpaired) electrons. The number of halogens is 1. The van der Waals surface area contributed by atoms with E-state index in [1.54, 1.807) is 12.4 Å². The lowest BCUT2D eigenvalue weighted by molar-refractivity contribution is 0.543. The summed E-state index contributed by atoms with van der Waals surface area (Å²) in [5.74, 6) is 2.55. The Hall–Kier alpha value is -3.25. The van der Waals surface area contributed by atoms with Crippen LogP contribution in [0, 0.1) is 11.8 Å². The van der Waals surface area contributed by atoms with Crippen molar-refractivity contribution in [1.82, 2.24) is 15.0 Å². The van der Waals surface area contributed by atoms with Gasteiger partial charge in [0.1, 0.15) is 5.75 Å². The molecule has 2 fully saturated rings. The molecule has 0 saturated heterocycles. The Bertz CT molecular complexity index is 1480. The van der Waals surface area contributed by atoms with Gasteiger partial charge in [-0.3, -0.25) is 15.0 Å². The summed E-state index contributed by atoms with van der Waals surface area (Å²) in [6.45, 7) is 2.10. The molecule has 1 aliphatic heterocycles. The summed E-state index contributed by atoms with van der Waals surface area (Å²) in [5, 5.41) is 2.73. The fraction of sp³-hybridized carbons (Fsp3) is 0.308. The lowest BCUT2D eigenvalue weighted by atomic mass is 10.1. The second kappa shape index (κ2) is 7.96. The lowest BCUT2D eigenvalue weighted by Gasteiger charge is -2.08. The number of hydrogen-bond donors (Lipinski definition) is 1. The Morgan fingerprint density at radius 3 is 2.73 bits per heavy atom. The number of aromatic amines is 1. The number of aliphatic imine (C=N–C) groups is 2. The highest BCUT2D eigenvalue weighted by atomic mass is 35.5. The summed E-state index contributed by atoms with van der Waals surface area (Å²) >= 11 is 6.81. The Morgan fingerprint density at radius 2 is 1.97 bits per heavy atom. The molecule has 1 aromatic carbocycles. The van der Waals surface area contributed by atoms with Gasteiger partial charge in [-0.05, 0) is 37.5 Å². The molecule has 2 atom stereocenters. The largest absolute Gasteiger partial charge is 0.443 e. The van der Waals surface area contributed by atoms with Crippen molar-refractivity contribution in [3.63, 3.8) is 0 Å². The minimum absolute atomic E-state index is 0.566. The van der Waals surface area contributed by atoms with Crippen LogP contribution in [0.25, 0.3) is 22.8 Å². The molecule has 2 unspecified atom stereocenters. The smallest absolute Gasteiger partial charge is 0.199 e. The van der Waals surface area contributed by atoms with Crippen LogP contribution in [0.1, 0.15) is 31.9 Å². The van der Waals surface area contributed by atoms with Crippen LogP contribution in [0.4, 0.5) is 0 Å². The molecule has 33 heavy (non-hydrogen) atoms. The van der Waals surface area contributed by atoms with Crippen molar-refractivity contribution in [1.29, 1.82) is 0 Å². The Morgan fingerprint density at radius 1 is 1.18 bits per heavy atom. The van der Waals surface area contributed by atoms with Crippen molar-refractivity contribution in [3.05, 3.63) is 63.5 Å². The molecular weight excluding hydrogens is 434 g/mol. The van der Waals surface area contributed by atoms with Crippen LogP contribution in [-0.4, -0.2) is 33.6 Å². The summed E-state index contributed by atoms with van der Waals surface area (Å²) in [4.78, 5) is 21.6. The number of allylic oxidation sites excluding steroid dienone is 1. The number of nitrogens with zero attached hydrogens (tertiary/aromatic N) is 4. The van der Waals surface area contributed by atoms with Crippen LogP contribution in [0.5, 0.6) is 5.75 Å². The van der Waals surface area contributed by atoms with Gasteiger partial charge in [0, 0.05) is 65.7 Å². The van der Waals surface area contributed by atoms with Gasteiger partial charge in [-0.2, -0.15) is 0 Å². The van der Waals surface area contributed by atoms with E-state index in [0.29, 0.717) is 29.9 Å². The SMILES string of the molecule is CCc1[nH]c2c(c1Cl)=C(C=C1CC3C(=NC)C3C1)N=C(Oc1ccc3nccnc3c1)CC=2. The van der Waals surface area contributed by atoms with Gasteiger partial charge in [0.25, 0.3) is 0 Å². The zero-order chi connectivity index (χ0) is 22.5. The van der Waals surface area contributed by atoms with Crippen LogP contribution in [-0.2, 0) is 6.42 Å². The predicted molar refractivity (Wildman–Crippen MR) is 132 cm³/mol. The number of hydrogen-bond acceptors (Lipinski definition) is 5. The first-order valence-corrected chi connectivity index (χ1v) is 11.8. The Labute approximate surface area is 196 Å². The normalized spacial score (nSPS) is 21.2. The van der Waals surface area contributed by atoms with Crippen LogP contribution in [0.15, 0.2) is 52.2 Å². The molecule has 6 nitrogen and oxygen atoms in total. The highest BCUT2D eigenvalue weighted by Crippen LogP contribution is 2.51. The molecule has 2 aliphatic carbocycles. The van der Waals surface area contributed by atoms with Gasteiger partial charge < -0.3 is 9.72 Å². The fourth-order valence-corrected chi connectivity index (χ4v) is 5.46. The van der Waals surface area contributed by atoms with Crippen molar-refractivity contribution in [2.45, 2.75) is 32.6 Å². The molecule has 3 aromatic rings. The third-order valence-electron chi connectivity index (χ3n) is 6.75. The van der Waals surface area contributed by atoms with Crippen LogP contribution < -0.4 is 15.3 Å².